The summed E-state index contributed by atoms with van der Waals surface area (Å²) in [6.07, 6.45) is 2.05. The lowest BCUT2D eigenvalue weighted by atomic mass is 10.0. The van der Waals surface area contributed by atoms with Gasteiger partial charge in [-0.05, 0) is 36.6 Å². The molecule has 1 aliphatic rings. The zero-order valence-electron chi connectivity index (χ0n) is 13.7. The maximum Gasteiger partial charge on any atom is 0.330 e. The molecule has 23 heavy (non-hydrogen) atoms. The normalized spacial score (nSPS) is 13.8. The first-order valence-electron chi connectivity index (χ1n) is 7.69. The quantitative estimate of drug-likeness (QED) is 0.849. The Labute approximate surface area is 134 Å². The van der Waals surface area contributed by atoms with Gasteiger partial charge in [-0.2, -0.15) is 0 Å². The van der Waals surface area contributed by atoms with Crippen LogP contribution in [0.2, 0.25) is 0 Å². The summed E-state index contributed by atoms with van der Waals surface area (Å²) in [4.78, 5) is 26.2. The van der Waals surface area contributed by atoms with E-state index < -0.39 is 0 Å². The van der Waals surface area contributed by atoms with E-state index in [9.17, 15) is 9.59 Å². The van der Waals surface area contributed by atoms with Crippen molar-refractivity contribution in [3.63, 3.8) is 0 Å². The molecular weight excluding hydrogens is 294 g/mol. The molecule has 0 saturated carbocycles. The lowest BCUT2D eigenvalue weighted by Crippen LogP contribution is -2.40. The first-order valence-corrected chi connectivity index (χ1v) is 7.69. The maximum absolute atomic E-state index is 12.1. The van der Waals surface area contributed by atoms with Crippen LogP contribution in [0.3, 0.4) is 0 Å². The Balaban J connectivity index is 1.97. The van der Waals surface area contributed by atoms with Crippen LogP contribution in [0.4, 0.5) is 5.69 Å². The molecule has 0 radical (unpaired) electrons. The number of rotatable bonds is 3. The van der Waals surface area contributed by atoms with Gasteiger partial charge in [-0.1, -0.05) is 0 Å². The summed E-state index contributed by atoms with van der Waals surface area (Å²) in [6.45, 7) is 1.45. The molecule has 1 aromatic carbocycles. The van der Waals surface area contributed by atoms with Crippen molar-refractivity contribution in [2.75, 3.05) is 18.6 Å². The first-order chi connectivity index (χ1) is 11.0. The van der Waals surface area contributed by atoms with Gasteiger partial charge in [-0.3, -0.25) is 13.9 Å². The van der Waals surface area contributed by atoms with Crippen LogP contribution in [-0.2, 0) is 27.1 Å². The van der Waals surface area contributed by atoms with Gasteiger partial charge in [0, 0.05) is 38.1 Å². The summed E-state index contributed by atoms with van der Waals surface area (Å²) in [5.74, 6) is 0.853. The average Bonchev–Trinajstić information content (AvgIpc) is 2.57. The SMILES string of the molecule is COc1ccc2c(c1)CCCN2Cc1cc(=O)n(C)c(=O)n1C. The second-order valence-electron chi connectivity index (χ2n) is 5.89. The molecule has 2 heterocycles. The molecule has 1 aromatic heterocycles. The van der Waals surface area contributed by atoms with Gasteiger partial charge in [0.25, 0.3) is 5.56 Å². The fourth-order valence-corrected chi connectivity index (χ4v) is 3.07. The highest BCUT2D eigenvalue weighted by atomic mass is 16.5. The molecule has 0 unspecified atom stereocenters. The van der Waals surface area contributed by atoms with E-state index in [2.05, 4.69) is 11.0 Å². The van der Waals surface area contributed by atoms with Crippen LogP contribution in [-0.4, -0.2) is 22.8 Å². The van der Waals surface area contributed by atoms with E-state index in [4.69, 9.17) is 4.74 Å². The van der Waals surface area contributed by atoms with Crippen LogP contribution in [0.1, 0.15) is 17.7 Å². The standard InChI is InChI=1S/C17H21N3O3/c1-18-13(10-16(21)19(2)17(18)22)11-20-8-4-5-12-9-14(23-3)6-7-15(12)20/h6-7,9-10H,4-5,8,11H2,1-3H3. The van der Waals surface area contributed by atoms with Gasteiger partial charge in [0.15, 0.2) is 0 Å². The van der Waals surface area contributed by atoms with E-state index in [0.717, 1.165) is 41.1 Å². The Morgan fingerprint density at radius 2 is 1.91 bits per heavy atom. The molecule has 0 saturated heterocycles. The third-order valence-electron chi connectivity index (χ3n) is 4.48. The Bertz CT molecular complexity index is 851. The maximum atomic E-state index is 12.1. The smallest absolute Gasteiger partial charge is 0.330 e. The molecule has 3 rings (SSSR count). The summed E-state index contributed by atoms with van der Waals surface area (Å²) in [5, 5.41) is 0. The zero-order valence-corrected chi connectivity index (χ0v) is 13.7. The molecule has 0 amide bonds. The van der Waals surface area contributed by atoms with Crippen molar-refractivity contribution in [2.24, 2.45) is 14.1 Å². The highest BCUT2D eigenvalue weighted by molar-refractivity contribution is 5.58. The van der Waals surface area contributed by atoms with Gasteiger partial charge < -0.3 is 9.64 Å². The van der Waals surface area contributed by atoms with E-state index in [1.165, 1.54) is 12.6 Å². The van der Waals surface area contributed by atoms with Crippen molar-refractivity contribution in [2.45, 2.75) is 19.4 Å². The molecule has 0 bridgehead atoms. The summed E-state index contributed by atoms with van der Waals surface area (Å²) < 4.78 is 7.95. The number of methoxy groups -OCH3 is 1. The van der Waals surface area contributed by atoms with E-state index in [0.29, 0.717) is 6.54 Å². The molecule has 1 aliphatic heterocycles. The van der Waals surface area contributed by atoms with Crippen molar-refractivity contribution >= 4 is 5.69 Å². The van der Waals surface area contributed by atoms with Crippen molar-refractivity contribution < 1.29 is 4.74 Å². The molecule has 2 aromatic rings. The number of aryl methyl sites for hydroxylation is 1. The number of benzene rings is 1. The molecule has 6 heteroatoms. The third kappa shape index (κ3) is 2.76. The van der Waals surface area contributed by atoms with Crippen LogP contribution < -0.4 is 20.9 Å². The van der Waals surface area contributed by atoms with Gasteiger partial charge in [0.2, 0.25) is 0 Å². The highest BCUT2D eigenvalue weighted by Gasteiger charge is 2.19. The average molecular weight is 315 g/mol. The van der Waals surface area contributed by atoms with Gasteiger partial charge in [0.05, 0.1) is 13.7 Å². The van der Waals surface area contributed by atoms with E-state index in [-0.39, 0.29) is 11.2 Å². The second-order valence-corrected chi connectivity index (χ2v) is 5.89. The van der Waals surface area contributed by atoms with Gasteiger partial charge in [-0.25, -0.2) is 4.79 Å². The lowest BCUT2D eigenvalue weighted by Gasteiger charge is -2.32. The number of hydrogen-bond acceptors (Lipinski definition) is 4. The highest BCUT2D eigenvalue weighted by Crippen LogP contribution is 2.31. The fraction of sp³-hybridized carbons (Fsp3) is 0.412. The topological polar surface area (TPSA) is 56.5 Å². The molecule has 0 aliphatic carbocycles. The van der Waals surface area contributed by atoms with Crippen molar-refractivity contribution in [1.29, 1.82) is 0 Å². The van der Waals surface area contributed by atoms with Gasteiger partial charge in [-0.15, -0.1) is 0 Å². The van der Waals surface area contributed by atoms with E-state index in [1.54, 1.807) is 24.8 Å². The Morgan fingerprint density at radius 3 is 2.65 bits per heavy atom. The Hall–Kier alpha value is -2.50. The van der Waals surface area contributed by atoms with Crippen LogP contribution >= 0.6 is 0 Å². The zero-order chi connectivity index (χ0) is 16.6. The summed E-state index contributed by atoms with van der Waals surface area (Å²) in [5.41, 5.74) is 2.55. The van der Waals surface area contributed by atoms with Gasteiger partial charge >= 0.3 is 5.69 Å². The van der Waals surface area contributed by atoms with E-state index >= 15 is 0 Å². The van der Waals surface area contributed by atoms with Gasteiger partial charge in [0.1, 0.15) is 5.75 Å². The number of fused-ring (bicyclic) bond motifs is 1. The van der Waals surface area contributed by atoms with Crippen LogP contribution in [0.5, 0.6) is 5.75 Å². The lowest BCUT2D eigenvalue weighted by molar-refractivity contribution is 0.414. The molecule has 122 valence electrons. The Kier molecular flexibility index (Phi) is 3.98. The predicted octanol–water partition coefficient (Wildman–Crippen LogP) is 1.05. The fourth-order valence-electron chi connectivity index (χ4n) is 3.07. The minimum absolute atomic E-state index is 0.268. The number of ether oxygens (including phenoxy) is 1. The summed E-state index contributed by atoms with van der Waals surface area (Å²) in [7, 11) is 4.87. The van der Waals surface area contributed by atoms with E-state index in [1.807, 2.05) is 12.1 Å². The van der Waals surface area contributed by atoms with Crippen LogP contribution in [0, 0.1) is 0 Å². The largest absolute Gasteiger partial charge is 0.497 e. The second kappa shape index (κ2) is 5.95. The minimum atomic E-state index is -0.292. The number of nitrogens with zero attached hydrogens (tertiary/aromatic N) is 3. The Morgan fingerprint density at radius 1 is 1.13 bits per heavy atom. The molecule has 0 N–H and O–H groups in total. The molecular formula is C17H21N3O3. The number of anilines is 1. The number of hydrogen-bond donors (Lipinski definition) is 0. The molecule has 6 nitrogen and oxygen atoms in total. The summed E-state index contributed by atoms with van der Waals surface area (Å²) >= 11 is 0. The molecule has 0 fully saturated rings. The molecule has 0 spiro atoms. The van der Waals surface area contributed by atoms with Crippen molar-refractivity contribution in [3.8, 4) is 5.75 Å². The van der Waals surface area contributed by atoms with Crippen molar-refractivity contribution in [1.82, 2.24) is 9.13 Å². The summed E-state index contributed by atoms with van der Waals surface area (Å²) in [6, 6.07) is 7.59. The third-order valence-corrected chi connectivity index (χ3v) is 4.48. The predicted molar refractivity (Wildman–Crippen MR) is 89.3 cm³/mol. The van der Waals surface area contributed by atoms with Crippen LogP contribution in [0.25, 0.3) is 0 Å². The number of aromatic nitrogens is 2. The molecule has 0 atom stereocenters. The van der Waals surface area contributed by atoms with Crippen LogP contribution in [0.15, 0.2) is 33.9 Å². The monoisotopic (exact) mass is 315 g/mol. The van der Waals surface area contributed by atoms with Crippen molar-refractivity contribution in [3.05, 3.63) is 56.4 Å². The minimum Gasteiger partial charge on any atom is -0.497 e. The first kappa shape index (κ1) is 15.4.